The van der Waals surface area contributed by atoms with Crippen LogP contribution in [0, 0.1) is 0 Å². The van der Waals surface area contributed by atoms with Crippen LogP contribution in [0.2, 0.25) is 0 Å². The van der Waals surface area contributed by atoms with Crippen molar-refractivity contribution in [3.05, 3.63) is 0 Å². The number of hydrogen-bond donors (Lipinski definition) is 0. The molecule has 0 radical (unpaired) electrons. The normalized spacial score (nSPS) is 26.2. The zero-order chi connectivity index (χ0) is 13.9. The molecule has 0 aromatic heterocycles. The summed E-state index contributed by atoms with van der Waals surface area (Å²) in [4.78, 5) is 7.37. The van der Waals surface area contributed by atoms with E-state index in [1.807, 2.05) is 0 Å². The van der Waals surface area contributed by atoms with Crippen LogP contribution >= 0.6 is 0 Å². The summed E-state index contributed by atoms with van der Waals surface area (Å²) in [5.74, 6) is 0. The van der Waals surface area contributed by atoms with Gasteiger partial charge in [-0.15, -0.1) is 0 Å². The van der Waals surface area contributed by atoms with E-state index in [1.54, 1.807) is 0 Å². The lowest BCUT2D eigenvalue weighted by molar-refractivity contribution is 0.169. The summed E-state index contributed by atoms with van der Waals surface area (Å²) in [6, 6.07) is 0.850. The van der Waals surface area contributed by atoms with Gasteiger partial charge in [-0.3, -0.25) is 9.89 Å². The van der Waals surface area contributed by atoms with E-state index in [-0.39, 0.29) is 0 Å². The third-order valence-electron chi connectivity index (χ3n) is 5.02. The van der Waals surface area contributed by atoms with Gasteiger partial charge in [-0.2, -0.15) is 0 Å². The Morgan fingerprint density at radius 2 is 1.35 bits per heavy atom. The molecular formula is C18H34N2. The third kappa shape index (κ3) is 6.39. The molecule has 0 aromatic carbocycles. The molecule has 0 bridgehead atoms. The first-order valence-electron chi connectivity index (χ1n) is 9.19. The molecule has 1 aliphatic carbocycles. The Morgan fingerprint density at radius 1 is 0.700 bits per heavy atom. The molecule has 0 unspecified atom stereocenters. The molecule has 2 rings (SSSR count). The molecule has 2 heteroatoms. The van der Waals surface area contributed by atoms with Gasteiger partial charge in [0.05, 0.1) is 6.54 Å². The van der Waals surface area contributed by atoms with Crippen LogP contribution in [0.15, 0.2) is 4.99 Å². The Bertz CT molecular complexity index is 252. The quantitative estimate of drug-likeness (QED) is 0.671. The second kappa shape index (κ2) is 10.4. The molecule has 1 fully saturated rings. The van der Waals surface area contributed by atoms with Gasteiger partial charge in [0.25, 0.3) is 0 Å². The van der Waals surface area contributed by atoms with Crippen LogP contribution < -0.4 is 0 Å². The van der Waals surface area contributed by atoms with Crippen LogP contribution in [0.25, 0.3) is 0 Å². The van der Waals surface area contributed by atoms with Crippen molar-refractivity contribution in [2.24, 2.45) is 4.99 Å². The van der Waals surface area contributed by atoms with E-state index >= 15 is 0 Å². The average Bonchev–Trinajstić information content (AvgIpc) is 2.50. The highest BCUT2D eigenvalue weighted by Crippen LogP contribution is 2.21. The van der Waals surface area contributed by atoms with Crippen molar-refractivity contribution in [1.29, 1.82) is 0 Å². The largest absolute Gasteiger partial charge is 0.299 e. The Labute approximate surface area is 126 Å². The molecule has 0 spiro atoms. The summed E-state index contributed by atoms with van der Waals surface area (Å²) in [5.41, 5.74) is 0. The maximum Gasteiger partial charge on any atom is 0.0512 e. The predicted octanol–water partition coefficient (Wildman–Crippen LogP) is 4.83. The van der Waals surface area contributed by atoms with E-state index in [4.69, 9.17) is 0 Å². The summed E-state index contributed by atoms with van der Waals surface area (Å²) in [5, 5.41) is 0. The molecular weight excluding hydrogens is 244 g/mol. The van der Waals surface area contributed by atoms with Crippen LogP contribution in [-0.4, -0.2) is 36.8 Å². The summed E-state index contributed by atoms with van der Waals surface area (Å²) in [6.45, 7) is 3.54. The van der Waals surface area contributed by atoms with E-state index < -0.39 is 0 Å². The van der Waals surface area contributed by atoms with Gasteiger partial charge in [0.1, 0.15) is 0 Å². The van der Waals surface area contributed by atoms with Crippen LogP contribution in [0.5, 0.6) is 0 Å². The minimum absolute atomic E-state index is 0.850. The first kappa shape index (κ1) is 16.0. The zero-order valence-electron chi connectivity index (χ0n) is 13.4. The number of hydrogen-bond acceptors (Lipinski definition) is 2. The number of aliphatic imine (C=N–C) groups is 1. The van der Waals surface area contributed by atoms with Crippen molar-refractivity contribution in [1.82, 2.24) is 4.90 Å². The highest BCUT2D eigenvalue weighted by atomic mass is 15.2. The maximum atomic E-state index is 4.59. The third-order valence-corrected chi connectivity index (χ3v) is 5.02. The first-order valence-corrected chi connectivity index (χ1v) is 9.19. The zero-order valence-corrected chi connectivity index (χ0v) is 13.4. The van der Waals surface area contributed by atoms with E-state index in [1.165, 1.54) is 96.6 Å². The van der Waals surface area contributed by atoms with Gasteiger partial charge in [0.2, 0.25) is 0 Å². The maximum absolute atomic E-state index is 4.59. The van der Waals surface area contributed by atoms with E-state index in [9.17, 15) is 0 Å². The average molecular weight is 278 g/mol. The van der Waals surface area contributed by atoms with Crippen molar-refractivity contribution in [3.63, 3.8) is 0 Å². The van der Waals surface area contributed by atoms with Gasteiger partial charge in [0.15, 0.2) is 0 Å². The Hall–Kier alpha value is -0.370. The van der Waals surface area contributed by atoms with Crippen LogP contribution in [0.1, 0.15) is 83.5 Å². The summed E-state index contributed by atoms with van der Waals surface area (Å²) in [7, 11) is 0. The molecule has 116 valence electrons. The van der Waals surface area contributed by atoms with Crippen molar-refractivity contribution < 1.29 is 0 Å². The highest BCUT2D eigenvalue weighted by Gasteiger charge is 2.18. The van der Waals surface area contributed by atoms with Gasteiger partial charge >= 0.3 is 0 Å². The van der Waals surface area contributed by atoms with Crippen molar-refractivity contribution in [3.8, 4) is 0 Å². The van der Waals surface area contributed by atoms with E-state index in [2.05, 4.69) is 16.1 Å². The van der Waals surface area contributed by atoms with Crippen LogP contribution in [0.3, 0.4) is 0 Å². The first-order chi connectivity index (χ1) is 9.97. The minimum Gasteiger partial charge on any atom is -0.299 e. The smallest absolute Gasteiger partial charge is 0.0512 e. The van der Waals surface area contributed by atoms with Crippen molar-refractivity contribution >= 4 is 6.21 Å². The fourth-order valence-corrected chi connectivity index (χ4v) is 3.73. The standard InChI is InChI=1S/C18H34N2/c1-2-4-8-12-18(13-9-5-3-1)20-16-11-7-6-10-14-19-15-17-20/h14,18H,1-13,15-17H2. The van der Waals surface area contributed by atoms with Gasteiger partial charge in [0, 0.05) is 12.6 Å². The highest BCUT2D eigenvalue weighted by molar-refractivity contribution is 5.56. The fraction of sp³-hybridized carbons (Fsp3) is 0.944. The Balaban J connectivity index is 1.85. The molecule has 1 heterocycles. The fourth-order valence-electron chi connectivity index (χ4n) is 3.73. The summed E-state index contributed by atoms with van der Waals surface area (Å²) < 4.78 is 0. The molecule has 2 aliphatic rings. The van der Waals surface area contributed by atoms with Crippen LogP contribution in [-0.2, 0) is 0 Å². The molecule has 20 heavy (non-hydrogen) atoms. The molecule has 0 amide bonds. The second-order valence-corrected chi connectivity index (χ2v) is 6.68. The van der Waals surface area contributed by atoms with Crippen molar-refractivity contribution in [2.75, 3.05) is 19.6 Å². The SMILES string of the molecule is C1=NCCN(C2CCCCCCCCC2)CCCCC1. The summed E-state index contributed by atoms with van der Waals surface area (Å²) >= 11 is 0. The monoisotopic (exact) mass is 278 g/mol. The molecule has 0 N–H and O–H groups in total. The Kier molecular flexibility index (Phi) is 8.30. The molecule has 1 saturated carbocycles. The van der Waals surface area contributed by atoms with Gasteiger partial charge < -0.3 is 0 Å². The lowest BCUT2D eigenvalue weighted by atomic mass is 9.96. The van der Waals surface area contributed by atoms with Gasteiger partial charge in [-0.25, -0.2) is 0 Å². The number of nitrogens with zero attached hydrogens (tertiary/aromatic N) is 2. The number of rotatable bonds is 1. The van der Waals surface area contributed by atoms with E-state index in [0.717, 1.165) is 12.6 Å². The molecule has 0 atom stereocenters. The van der Waals surface area contributed by atoms with E-state index in [0.29, 0.717) is 0 Å². The lowest BCUT2D eigenvalue weighted by Crippen LogP contribution is -2.38. The Morgan fingerprint density at radius 3 is 2.10 bits per heavy atom. The molecule has 0 saturated heterocycles. The molecule has 2 nitrogen and oxygen atoms in total. The topological polar surface area (TPSA) is 15.6 Å². The van der Waals surface area contributed by atoms with Crippen LogP contribution in [0.4, 0.5) is 0 Å². The molecule has 0 aromatic rings. The minimum atomic E-state index is 0.850. The second-order valence-electron chi connectivity index (χ2n) is 6.68. The predicted molar refractivity (Wildman–Crippen MR) is 88.7 cm³/mol. The van der Waals surface area contributed by atoms with Gasteiger partial charge in [-0.1, -0.05) is 51.4 Å². The van der Waals surface area contributed by atoms with Gasteiger partial charge in [-0.05, 0) is 44.9 Å². The molecule has 1 aliphatic heterocycles. The lowest BCUT2D eigenvalue weighted by Gasteiger charge is -2.32. The van der Waals surface area contributed by atoms with Crippen molar-refractivity contribution in [2.45, 2.75) is 89.5 Å². The summed E-state index contributed by atoms with van der Waals surface area (Å²) in [6.07, 6.45) is 20.6.